The number of hydrogen-bond acceptors (Lipinski definition) is 14. The summed E-state index contributed by atoms with van der Waals surface area (Å²) >= 11 is 0. The zero-order valence-electron chi connectivity index (χ0n) is 23.5. The fourth-order valence-corrected chi connectivity index (χ4v) is 3.81. The Morgan fingerprint density at radius 1 is 1.02 bits per heavy atom. The SMILES string of the molecule is CCOc1cc(/C=N\NC(=O)c2nnn(-c3nonc3N)c2COc2ccccc2)ccc1OCc1ccc(C(=O)OC)o1. The molecule has 5 rings (SSSR count). The van der Waals surface area contributed by atoms with Crippen molar-refractivity contribution in [1.82, 2.24) is 30.7 Å². The van der Waals surface area contributed by atoms with Crippen LogP contribution in [-0.4, -0.2) is 57.1 Å². The first-order chi connectivity index (χ1) is 21.5. The van der Waals surface area contributed by atoms with E-state index < -0.39 is 11.9 Å². The number of hydrogen-bond donors (Lipinski definition) is 2. The standard InChI is InChI=1S/C28H26N8O8/c1-3-40-23-13-17(9-11-21(23)42-15-19-10-12-22(43-19)28(38)39-2)14-30-32-27(37)24-20(16-41-18-7-5-4-6-8-18)36(35-31-24)26-25(29)33-44-34-26/h4-14H,3,15-16H2,1-2H3,(H2,29,33)(H,32,37)/b30-14-. The van der Waals surface area contributed by atoms with Crippen LogP contribution in [0.3, 0.4) is 0 Å². The molecular weight excluding hydrogens is 576 g/mol. The number of furan rings is 1. The summed E-state index contributed by atoms with van der Waals surface area (Å²) in [6.45, 7) is 2.15. The van der Waals surface area contributed by atoms with Gasteiger partial charge in [0.1, 0.15) is 30.4 Å². The summed E-state index contributed by atoms with van der Waals surface area (Å²) in [6, 6.07) is 17.2. The van der Waals surface area contributed by atoms with Gasteiger partial charge in [-0.05, 0) is 65.3 Å². The number of carbonyl (C=O) groups is 2. The number of nitrogens with two attached hydrogens (primary N) is 1. The number of anilines is 1. The molecule has 0 aliphatic heterocycles. The Labute approximate surface area is 249 Å². The molecule has 0 radical (unpaired) electrons. The van der Waals surface area contributed by atoms with Crippen molar-refractivity contribution in [3.8, 4) is 23.1 Å². The minimum Gasteiger partial charge on any atom is -0.490 e. The van der Waals surface area contributed by atoms with Gasteiger partial charge in [0.25, 0.3) is 5.91 Å². The second-order valence-electron chi connectivity index (χ2n) is 8.76. The molecule has 1 amide bonds. The predicted molar refractivity (Wildman–Crippen MR) is 151 cm³/mol. The van der Waals surface area contributed by atoms with Crippen LogP contribution in [0.4, 0.5) is 5.82 Å². The first kappa shape index (κ1) is 29.3. The highest BCUT2D eigenvalue weighted by Gasteiger charge is 2.24. The van der Waals surface area contributed by atoms with Crippen molar-refractivity contribution in [1.29, 1.82) is 0 Å². The summed E-state index contributed by atoms with van der Waals surface area (Å²) in [6.07, 6.45) is 1.42. The number of esters is 1. The molecule has 0 aliphatic carbocycles. The smallest absolute Gasteiger partial charge is 0.373 e. The Balaban J connectivity index is 1.28. The van der Waals surface area contributed by atoms with Crippen molar-refractivity contribution in [2.75, 3.05) is 19.5 Å². The maximum atomic E-state index is 13.1. The molecule has 0 fully saturated rings. The lowest BCUT2D eigenvalue weighted by Crippen LogP contribution is -2.21. The molecule has 226 valence electrons. The molecule has 2 aromatic carbocycles. The molecule has 0 unspecified atom stereocenters. The molecule has 0 bridgehead atoms. The lowest BCUT2D eigenvalue weighted by atomic mass is 10.2. The van der Waals surface area contributed by atoms with Crippen LogP contribution in [0.5, 0.6) is 17.2 Å². The van der Waals surface area contributed by atoms with Crippen LogP contribution in [0.2, 0.25) is 0 Å². The Hall–Kier alpha value is -6.19. The van der Waals surface area contributed by atoms with Gasteiger partial charge in [-0.3, -0.25) is 4.79 Å². The van der Waals surface area contributed by atoms with E-state index in [0.29, 0.717) is 35.2 Å². The summed E-state index contributed by atoms with van der Waals surface area (Å²) in [7, 11) is 1.27. The van der Waals surface area contributed by atoms with E-state index in [0.717, 1.165) is 0 Å². The molecule has 5 aromatic rings. The van der Waals surface area contributed by atoms with Crippen molar-refractivity contribution < 1.29 is 37.6 Å². The normalized spacial score (nSPS) is 11.0. The molecule has 0 saturated heterocycles. The lowest BCUT2D eigenvalue weighted by molar-refractivity contribution is 0.0560. The highest BCUT2D eigenvalue weighted by Crippen LogP contribution is 2.29. The number of methoxy groups -OCH3 is 1. The number of para-hydroxylation sites is 1. The minimum absolute atomic E-state index is 0.0477. The average Bonchev–Trinajstić information content (AvgIpc) is 3.79. The summed E-state index contributed by atoms with van der Waals surface area (Å²) in [5.41, 5.74) is 9.02. The summed E-state index contributed by atoms with van der Waals surface area (Å²) in [4.78, 5) is 24.7. The second-order valence-corrected chi connectivity index (χ2v) is 8.76. The quantitative estimate of drug-likeness (QED) is 0.113. The Bertz CT molecular complexity index is 1760. The number of carbonyl (C=O) groups excluding carboxylic acids is 2. The molecule has 3 aromatic heterocycles. The topological polar surface area (TPSA) is 204 Å². The number of nitrogens with one attached hydrogen (secondary N) is 1. The maximum absolute atomic E-state index is 13.1. The third-order valence-corrected chi connectivity index (χ3v) is 5.86. The van der Waals surface area contributed by atoms with Crippen LogP contribution in [0.1, 0.15) is 45.0 Å². The molecule has 3 N–H and O–H groups in total. The van der Waals surface area contributed by atoms with Gasteiger partial charge < -0.3 is 29.1 Å². The summed E-state index contributed by atoms with van der Waals surface area (Å²) in [5, 5.41) is 19.3. The second kappa shape index (κ2) is 13.6. The molecule has 3 heterocycles. The van der Waals surface area contributed by atoms with Gasteiger partial charge in [0.2, 0.25) is 17.4 Å². The fourth-order valence-electron chi connectivity index (χ4n) is 3.81. The number of benzene rings is 2. The van der Waals surface area contributed by atoms with Gasteiger partial charge in [0.15, 0.2) is 17.2 Å². The highest BCUT2D eigenvalue weighted by atomic mass is 16.6. The van der Waals surface area contributed by atoms with Crippen molar-refractivity contribution in [3.05, 3.63) is 89.1 Å². The van der Waals surface area contributed by atoms with Crippen LogP contribution in [0, 0.1) is 0 Å². The number of nitrogens with zero attached hydrogens (tertiary/aromatic N) is 6. The predicted octanol–water partition coefficient (Wildman–Crippen LogP) is 2.93. The molecule has 0 spiro atoms. The lowest BCUT2D eigenvalue weighted by Gasteiger charge is -2.11. The number of nitrogen functional groups attached to an aromatic ring is 1. The molecule has 0 atom stereocenters. The van der Waals surface area contributed by atoms with Gasteiger partial charge >= 0.3 is 5.97 Å². The van der Waals surface area contributed by atoms with E-state index in [1.54, 1.807) is 36.4 Å². The Morgan fingerprint density at radius 2 is 1.86 bits per heavy atom. The number of ether oxygens (including phenoxy) is 4. The number of amides is 1. The summed E-state index contributed by atoms with van der Waals surface area (Å²) in [5.74, 6) is 0.682. The zero-order chi connectivity index (χ0) is 30.9. The minimum atomic E-state index is -0.663. The van der Waals surface area contributed by atoms with E-state index >= 15 is 0 Å². The van der Waals surface area contributed by atoms with Gasteiger partial charge in [0, 0.05) is 0 Å². The van der Waals surface area contributed by atoms with Gasteiger partial charge in [-0.25, -0.2) is 14.8 Å². The third kappa shape index (κ3) is 6.81. The monoisotopic (exact) mass is 602 g/mol. The van der Waals surface area contributed by atoms with E-state index in [-0.39, 0.29) is 42.0 Å². The van der Waals surface area contributed by atoms with Gasteiger partial charge in [-0.15, -0.1) is 5.10 Å². The molecule has 0 saturated carbocycles. The first-order valence-electron chi connectivity index (χ1n) is 13.1. The van der Waals surface area contributed by atoms with E-state index in [1.807, 2.05) is 25.1 Å². The fraction of sp³-hybridized carbons (Fsp3) is 0.179. The van der Waals surface area contributed by atoms with Crippen molar-refractivity contribution in [2.24, 2.45) is 5.10 Å². The first-order valence-corrected chi connectivity index (χ1v) is 13.1. The number of rotatable bonds is 13. The van der Waals surface area contributed by atoms with Crippen LogP contribution in [-0.2, 0) is 18.0 Å². The average molecular weight is 603 g/mol. The van der Waals surface area contributed by atoms with Crippen LogP contribution in [0.15, 0.2) is 74.8 Å². The van der Waals surface area contributed by atoms with Gasteiger partial charge in [-0.1, -0.05) is 23.4 Å². The summed E-state index contributed by atoms with van der Waals surface area (Å²) < 4.78 is 33.3. The van der Waals surface area contributed by atoms with Crippen LogP contribution in [0.25, 0.3) is 5.82 Å². The van der Waals surface area contributed by atoms with Crippen molar-refractivity contribution in [2.45, 2.75) is 20.1 Å². The molecule has 44 heavy (non-hydrogen) atoms. The van der Waals surface area contributed by atoms with Crippen LogP contribution >= 0.6 is 0 Å². The van der Waals surface area contributed by atoms with Crippen LogP contribution < -0.4 is 25.4 Å². The molecule has 16 nitrogen and oxygen atoms in total. The van der Waals surface area contributed by atoms with E-state index in [2.05, 4.69) is 40.5 Å². The Kier molecular flexibility index (Phi) is 9.09. The van der Waals surface area contributed by atoms with Crippen molar-refractivity contribution >= 4 is 23.9 Å². The van der Waals surface area contributed by atoms with Gasteiger partial charge in [-0.2, -0.15) is 9.78 Å². The molecule has 16 heteroatoms. The molecule has 0 aliphatic rings. The van der Waals surface area contributed by atoms with E-state index in [4.69, 9.17) is 24.4 Å². The largest absolute Gasteiger partial charge is 0.490 e. The highest BCUT2D eigenvalue weighted by molar-refractivity contribution is 5.94. The maximum Gasteiger partial charge on any atom is 0.373 e. The third-order valence-electron chi connectivity index (χ3n) is 5.86. The van der Waals surface area contributed by atoms with E-state index in [1.165, 1.54) is 24.1 Å². The van der Waals surface area contributed by atoms with Crippen molar-refractivity contribution in [3.63, 3.8) is 0 Å². The Morgan fingerprint density at radius 3 is 2.61 bits per heavy atom. The number of aromatic nitrogens is 5. The zero-order valence-corrected chi connectivity index (χ0v) is 23.5. The van der Waals surface area contributed by atoms with Gasteiger partial charge in [0.05, 0.1) is 19.9 Å². The number of hydrazone groups is 1. The van der Waals surface area contributed by atoms with E-state index in [9.17, 15) is 9.59 Å². The molecular formula is C28H26N8O8.